The van der Waals surface area contributed by atoms with Gasteiger partial charge in [0.25, 0.3) is 0 Å². The first kappa shape index (κ1) is 13.2. The van der Waals surface area contributed by atoms with Crippen LogP contribution in [0.15, 0.2) is 24.3 Å². The van der Waals surface area contributed by atoms with E-state index in [-0.39, 0.29) is 6.61 Å². The Morgan fingerprint density at radius 1 is 1.24 bits per heavy atom. The minimum Gasteiger partial charge on any atom is -0.494 e. The van der Waals surface area contributed by atoms with Crippen LogP contribution in [-0.4, -0.2) is 25.5 Å². The third kappa shape index (κ3) is 3.59. The molecule has 92 valence electrons. The number of hydrogen-bond acceptors (Lipinski definition) is 4. The van der Waals surface area contributed by atoms with Gasteiger partial charge in [0, 0.05) is 0 Å². The maximum absolute atomic E-state index is 11.5. The molecule has 0 saturated heterocycles. The molecule has 1 aromatic carbocycles. The fourth-order valence-electron chi connectivity index (χ4n) is 1.44. The quantitative estimate of drug-likeness (QED) is 0.430. The van der Waals surface area contributed by atoms with Crippen molar-refractivity contribution in [2.24, 2.45) is 0 Å². The van der Waals surface area contributed by atoms with E-state index in [2.05, 4.69) is 0 Å². The van der Waals surface area contributed by atoms with Gasteiger partial charge in [0.05, 0.1) is 13.2 Å². The van der Waals surface area contributed by atoms with Crippen LogP contribution in [-0.2, 0) is 14.3 Å². The lowest BCUT2D eigenvalue weighted by Crippen LogP contribution is -2.17. The number of esters is 1. The Hall–Kier alpha value is -1.84. The van der Waals surface area contributed by atoms with Crippen molar-refractivity contribution in [1.29, 1.82) is 0 Å². The zero-order chi connectivity index (χ0) is 12.7. The summed E-state index contributed by atoms with van der Waals surface area (Å²) in [4.78, 5) is 22.4. The van der Waals surface area contributed by atoms with Gasteiger partial charge in [-0.1, -0.05) is 12.1 Å². The van der Waals surface area contributed by atoms with Crippen LogP contribution >= 0.6 is 0 Å². The van der Waals surface area contributed by atoms with E-state index in [9.17, 15) is 9.59 Å². The van der Waals surface area contributed by atoms with Gasteiger partial charge in [-0.2, -0.15) is 0 Å². The Balaban J connectivity index is 2.82. The predicted molar refractivity (Wildman–Crippen MR) is 63.0 cm³/mol. The van der Waals surface area contributed by atoms with E-state index < -0.39 is 11.9 Å². The molecule has 4 nitrogen and oxygen atoms in total. The van der Waals surface area contributed by atoms with Crippen molar-refractivity contribution in [3.8, 4) is 5.75 Å². The van der Waals surface area contributed by atoms with Crippen LogP contribution in [0.1, 0.15) is 25.3 Å². The molecule has 0 bridgehead atoms. The van der Waals surface area contributed by atoms with Gasteiger partial charge in [0.15, 0.2) is 0 Å². The van der Waals surface area contributed by atoms with E-state index in [1.54, 1.807) is 31.2 Å². The van der Waals surface area contributed by atoms with Gasteiger partial charge in [-0.25, -0.2) is 0 Å². The Bertz CT molecular complexity index is 370. The number of aldehydes is 1. The second-order valence-corrected chi connectivity index (χ2v) is 3.37. The number of carbonyl (C=O) groups is 2. The van der Waals surface area contributed by atoms with Gasteiger partial charge >= 0.3 is 5.97 Å². The molecule has 1 rings (SSSR count). The fourth-order valence-corrected chi connectivity index (χ4v) is 1.44. The zero-order valence-electron chi connectivity index (χ0n) is 10.0. The average Bonchev–Trinajstić information content (AvgIpc) is 2.33. The van der Waals surface area contributed by atoms with Crippen LogP contribution in [0, 0.1) is 0 Å². The monoisotopic (exact) mass is 236 g/mol. The molecule has 0 aliphatic heterocycles. The SMILES string of the molecule is CCOC(=O)C(C=O)c1ccc(OCC)cc1. The smallest absolute Gasteiger partial charge is 0.320 e. The molecule has 0 spiro atoms. The second kappa shape index (κ2) is 6.68. The highest BCUT2D eigenvalue weighted by Crippen LogP contribution is 2.19. The number of benzene rings is 1. The van der Waals surface area contributed by atoms with Crippen molar-refractivity contribution in [2.75, 3.05) is 13.2 Å². The summed E-state index contributed by atoms with van der Waals surface area (Å²) in [5.74, 6) is -0.665. The summed E-state index contributed by atoms with van der Waals surface area (Å²) in [5, 5.41) is 0. The Morgan fingerprint density at radius 2 is 1.88 bits per heavy atom. The normalized spacial score (nSPS) is 11.6. The number of ether oxygens (including phenoxy) is 2. The Kier molecular flexibility index (Phi) is 5.20. The van der Waals surface area contributed by atoms with Gasteiger partial charge in [0.1, 0.15) is 18.0 Å². The molecule has 1 aromatic rings. The molecule has 0 amide bonds. The van der Waals surface area contributed by atoms with Crippen LogP contribution in [0.4, 0.5) is 0 Å². The van der Waals surface area contributed by atoms with E-state index in [0.717, 1.165) is 0 Å². The molecule has 0 fully saturated rings. The van der Waals surface area contributed by atoms with E-state index >= 15 is 0 Å². The van der Waals surface area contributed by atoms with Gasteiger partial charge in [-0.15, -0.1) is 0 Å². The zero-order valence-corrected chi connectivity index (χ0v) is 10.0. The van der Waals surface area contributed by atoms with Crippen LogP contribution in [0.3, 0.4) is 0 Å². The molecule has 0 radical (unpaired) electrons. The maximum atomic E-state index is 11.5. The molecule has 1 atom stereocenters. The van der Waals surface area contributed by atoms with Crippen LogP contribution in [0.25, 0.3) is 0 Å². The molecule has 17 heavy (non-hydrogen) atoms. The molecule has 0 heterocycles. The topological polar surface area (TPSA) is 52.6 Å². The second-order valence-electron chi connectivity index (χ2n) is 3.37. The third-order valence-corrected chi connectivity index (χ3v) is 2.23. The van der Waals surface area contributed by atoms with Gasteiger partial charge < -0.3 is 14.3 Å². The summed E-state index contributed by atoms with van der Waals surface area (Å²) in [6.45, 7) is 4.44. The Labute approximate surface area is 101 Å². The van der Waals surface area contributed by atoms with Gasteiger partial charge in [-0.3, -0.25) is 4.79 Å². The lowest BCUT2D eigenvalue weighted by atomic mass is 10.0. The minimum atomic E-state index is -0.856. The number of hydrogen-bond donors (Lipinski definition) is 0. The lowest BCUT2D eigenvalue weighted by molar-refractivity contribution is -0.146. The van der Waals surface area contributed by atoms with Crippen molar-refractivity contribution in [3.05, 3.63) is 29.8 Å². The summed E-state index contributed by atoms with van der Waals surface area (Å²) in [6, 6.07) is 6.85. The molecule has 0 aliphatic rings. The van der Waals surface area contributed by atoms with Crippen molar-refractivity contribution < 1.29 is 19.1 Å². The summed E-state index contributed by atoms with van der Waals surface area (Å²) >= 11 is 0. The Morgan fingerprint density at radius 3 is 2.35 bits per heavy atom. The molecule has 0 aliphatic carbocycles. The standard InChI is InChI=1S/C13H16O4/c1-3-16-11-7-5-10(6-8-11)12(9-14)13(15)17-4-2/h5-9,12H,3-4H2,1-2H3. The summed E-state index contributed by atoms with van der Waals surface area (Å²) < 4.78 is 10.1. The lowest BCUT2D eigenvalue weighted by Gasteiger charge is -2.10. The molecule has 0 aromatic heterocycles. The first-order chi connectivity index (χ1) is 8.22. The fraction of sp³-hybridized carbons (Fsp3) is 0.385. The average molecular weight is 236 g/mol. The van der Waals surface area contributed by atoms with Crippen LogP contribution in [0.5, 0.6) is 5.75 Å². The molecule has 4 heteroatoms. The number of carbonyl (C=O) groups excluding carboxylic acids is 2. The third-order valence-electron chi connectivity index (χ3n) is 2.23. The van der Waals surface area contributed by atoms with Crippen molar-refractivity contribution in [3.63, 3.8) is 0 Å². The minimum absolute atomic E-state index is 0.264. The first-order valence-electron chi connectivity index (χ1n) is 5.57. The van der Waals surface area contributed by atoms with Crippen molar-refractivity contribution >= 4 is 12.3 Å². The maximum Gasteiger partial charge on any atom is 0.320 e. The molecular weight excluding hydrogens is 220 g/mol. The summed E-state index contributed by atoms with van der Waals surface area (Å²) in [7, 11) is 0. The van der Waals surface area contributed by atoms with Crippen molar-refractivity contribution in [2.45, 2.75) is 19.8 Å². The highest BCUT2D eigenvalue weighted by atomic mass is 16.5. The van der Waals surface area contributed by atoms with Crippen LogP contribution in [0.2, 0.25) is 0 Å². The largest absolute Gasteiger partial charge is 0.494 e. The first-order valence-corrected chi connectivity index (χ1v) is 5.57. The summed E-state index contributed by atoms with van der Waals surface area (Å²) in [5.41, 5.74) is 0.613. The van der Waals surface area contributed by atoms with Crippen molar-refractivity contribution in [1.82, 2.24) is 0 Å². The highest BCUT2D eigenvalue weighted by molar-refractivity contribution is 5.94. The van der Waals surface area contributed by atoms with E-state index in [1.807, 2.05) is 6.92 Å². The van der Waals surface area contributed by atoms with Gasteiger partial charge in [-0.05, 0) is 31.5 Å². The molecule has 0 N–H and O–H groups in total. The van der Waals surface area contributed by atoms with E-state index in [4.69, 9.17) is 9.47 Å². The molecular formula is C13H16O4. The van der Waals surface area contributed by atoms with Crippen LogP contribution < -0.4 is 4.74 Å². The van der Waals surface area contributed by atoms with Gasteiger partial charge in [0.2, 0.25) is 0 Å². The highest BCUT2D eigenvalue weighted by Gasteiger charge is 2.20. The van der Waals surface area contributed by atoms with E-state index in [1.165, 1.54) is 0 Å². The van der Waals surface area contributed by atoms with E-state index in [0.29, 0.717) is 24.2 Å². The predicted octanol–water partition coefficient (Wildman–Crippen LogP) is 1.93. The molecule has 1 unspecified atom stereocenters. The number of rotatable bonds is 6. The summed E-state index contributed by atoms with van der Waals surface area (Å²) in [6.07, 6.45) is 0.591. The molecule has 0 saturated carbocycles.